The molecule has 3 nitrogen and oxygen atoms in total. The first-order valence-corrected chi connectivity index (χ1v) is 6.32. The number of amides is 1. The number of carbonyl (C=O) groups is 1. The number of hydrogen-bond donors (Lipinski definition) is 1. The predicted molar refractivity (Wildman–Crippen MR) is 68.9 cm³/mol. The molecule has 0 radical (unpaired) electrons. The molecule has 1 heterocycles. The van der Waals surface area contributed by atoms with Gasteiger partial charge in [-0.15, -0.1) is 0 Å². The number of piperazine rings is 1. The Morgan fingerprint density at radius 1 is 1.56 bits per heavy atom. The molecular weight excluding hydrogens is 231 g/mol. The van der Waals surface area contributed by atoms with Crippen molar-refractivity contribution in [3.05, 3.63) is 35.1 Å². The first-order valence-electron chi connectivity index (χ1n) is 6.32. The van der Waals surface area contributed by atoms with Crippen molar-refractivity contribution in [2.75, 3.05) is 19.6 Å². The molecule has 1 N–H and O–H groups in total. The normalized spacial score (nSPS) is 19.9. The van der Waals surface area contributed by atoms with Crippen molar-refractivity contribution in [3.8, 4) is 0 Å². The number of hydrogen-bond acceptors (Lipinski definition) is 2. The van der Waals surface area contributed by atoms with Gasteiger partial charge in [0.25, 0.3) is 0 Å². The number of carbonyl (C=O) groups excluding carboxylic acids is 1. The monoisotopic (exact) mass is 250 g/mol. The van der Waals surface area contributed by atoms with Crippen LogP contribution in [-0.4, -0.2) is 36.5 Å². The average Bonchev–Trinajstić information content (AvgIpc) is 2.34. The van der Waals surface area contributed by atoms with Crippen molar-refractivity contribution < 1.29 is 9.18 Å². The summed E-state index contributed by atoms with van der Waals surface area (Å²) >= 11 is 0. The molecule has 18 heavy (non-hydrogen) atoms. The Hall–Kier alpha value is -1.42. The Balaban J connectivity index is 2.04. The summed E-state index contributed by atoms with van der Waals surface area (Å²) in [5, 5.41) is 3.30. The van der Waals surface area contributed by atoms with Gasteiger partial charge >= 0.3 is 0 Å². The Morgan fingerprint density at radius 2 is 2.33 bits per heavy atom. The second-order valence-electron chi connectivity index (χ2n) is 4.94. The third-order valence-corrected chi connectivity index (χ3v) is 3.37. The molecule has 1 aromatic carbocycles. The van der Waals surface area contributed by atoms with Crippen molar-refractivity contribution in [2.45, 2.75) is 26.3 Å². The zero-order valence-electron chi connectivity index (χ0n) is 10.9. The zero-order valence-corrected chi connectivity index (χ0v) is 10.9. The lowest BCUT2D eigenvalue weighted by Crippen LogP contribution is -2.51. The van der Waals surface area contributed by atoms with E-state index < -0.39 is 0 Å². The fraction of sp³-hybridized carbons (Fsp3) is 0.500. The molecule has 0 aliphatic carbocycles. The first kappa shape index (κ1) is 13.0. The van der Waals surface area contributed by atoms with Gasteiger partial charge in [-0.3, -0.25) is 4.79 Å². The minimum atomic E-state index is -0.280. The van der Waals surface area contributed by atoms with Crippen molar-refractivity contribution >= 4 is 5.91 Å². The predicted octanol–water partition coefficient (Wildman–Crippen LogP) is 1.50. The molecule has 1 saturated heterocycles. The Morgan fingerprint density at radius 3 is 3.06 bits per heavy atom. The summed E-state index contributed by atoms with van der Waals surface area (Å²) in [6.07, 6.45) is 0.288. The maximum Gasteiger partial charge on any atom is 0.227 e. The largest absolute Gasteiger partial charge is 0.340 e. The van der Waals surface area contributed by atoms with E-state index in [4.69, 9.17) is 0 Å². The summed E-state index contributed by atoms with van der Waals surface area (Å²) in [5.41, 5.74) is 1.75. The Labute approximate surface area is 107 Å². The van der Waals surface area contributed by atoms with Gasteiger partial charge in [-0.05, 0) is 37.1 Å². The van der Waals surface area contributed by atoms with Crippen LogP contribution in [0.25, 0.3) is 0 Å². The maximum atomic E-state index is 13.2. The van der Waals surface area contributed by atoms with Crippen LogP contribution in [0.3, 0.4) is 0 Å². The standard InChI is InChI=1S/C14H19FN2O/c1-10-3-4-13(15)7-12(10)8-14(18)17-6-5-16-11(2)9-17/h3-4,7,11,16H,5-6,8-9H2,1-2H3/t11-/m0/s1. The van der Waals surface area contributed by atoms with Gasteiger partial charge in [-0.25, -0.2) is 4.39 Å². The minimum Gasteiger partial charge on any atom is -0.340 e. The molecule has 98 valence electrons. The van der Waals surface area contributed by atoms with Crippen LogP contribution in [0.5, 0.6) is 0 Å². The number of aryl methyl sites for hydroxylation is 1. The SMILES string of the molecule is Cc1ccc(F)cc1CC(=O)N1CCN[C@@H](C)C1. The summed E-state index contributed by atoms with van der Waals surface area (Å²) in [6.45, 7) is 6.26. The second-order valence-corrected chi connectivity index (χ2v) is 4.94. The van der Waals surface area contributed by atoms with E-state index in [1.54, 1.807) is 6.07 Å². The van der Waals surface area contributed by atoms with Crippen molar-refractivity contribution in [1.29, 1.82) is 0 Å². The van der Waals surface area contributed by atoms with Crippen LogP contribution in [0, 0.1) is 12.7 Å². The van der Waals surface area contributed by atoms with Crippen molar-refractivity contribution in [3.63, 3.8) is 0 Å². The lowest BCUT2D eigenvalue weighted by Gasteiger charge is -2.32. The number of rotatable bonds is 2. The zero-order chi connectivity index (χ0) is 13.1. The van der Waals surface area contributed by atoms with Gasteiger partial charge in [0, 0.05) is 25.7 Å². The molecule has 0 spiro atoms. The highest BCUT2D eigenvalue weighted by atomic mass is 19.1. The molecule has 1 amide bonds. The summed E-state index contributed by atoms with van der Waals surface area (Å²) in [7, 11) is 0. The quantitative estimate of drug-likeness (QED) is 0.862. The maximum absolute atomic E-state index is 13.2. The molecule has 0 aromatic heterocycles. The molecule has 1 fully saturated rings. The van der Waals surface area contributed by atoms with E-state index in [1.165, 1.54) is 12.1 Å². The van der Waals surface area contributed by atoms with Crippen LogP contribution in [0.4, 0.5) is 4.39 Å². The van der Waals surface area contributed by atoms with E-state index >= 15 is 0 Å². The summed E-state index contributed by atoms with van der Waals surface area (Å²) in [6, 6.07) is 4.93. The Bertz CT molecular complexity index is 447. The minimum absolute atomic E-state index is 0.0806. The molecule has 1 aliphatic heterocycles. The van der Waals surface area contributed by atoms with Gasteiger partial charge in [-0.1, -0.05) is 6.07 Å². The highest BCUT2D eigenvalue weighted by molar-refractivity contribution is 5.79. The lowest BCUT2D eigenvalue weighted by molar-refractivity contribution is -0.131. The molecule has 4 heteroatoms. The van der Waals surface area contributed by atoms with Crippen LogP contribution in [0.15, 0.2) is 18.2 Å². The number of benzene rings is 1. The lowest BCUT2D eigenvalue weighted by atomic mass is 10.0. The number of nitrogens with one attached hydrogen (secondary N) is 1. The molecule has 1 aliphatic rings. The average molecular weight is 250 g/mol. The van der Waals surface area contributed by atoms with Gasteiger partial charge in [0.15, 0.2) is 0 Å². The number of nitrogens with zero attached hydrogens (tertiary/aromatic N) is 1. The van der Waals surface area contributed by atoms with Gasteiger partial charge in [-0.2, -0.15) is 0 Å². The highest BCUT2D eigenvalue weighted by Gasteiger charge is 2.20. The van der Waals surface area contributed by atoms with Crippen LogP contribution in [-0.2, 0) is 11.2 Å². The molecule has 1 aromatic rings. The summed E-state index contributed by atoms with van der Waals surface area (Å²) < 4.78 is 13.2. The van der Waals surface area contributed by atoms with E-state index in [9.17, 15) is 9.18 Å². The first-order chi connectivity index (χ1) is 8.56. The Kier molecular flexibility index (Phi) is 3.97. The van der Waals surface area contributed by atoms with Crippen LogP contribution >= 0.6 is 0 Å². The molecule has 0 unspecified atom stereocenters. The van der Waals surface area contributed by atoms with E-state index in [-0.39, 0.29) is 18.1 Å². The summed E-state index contributed by atoms with van der Waals surface area (Å²) in [4.78, 5) is 14.0. The third-order valence-electron chi connectivity index (χ3n) is 3.37. The second kappa shape index (κ2) is 5.48. The van der Waals surface area contributed by atoms with Gasteiger partial charge in [0.1, 0.15) is 5.82 Å². The van der Waals surface area contributed by atoms with Crippen LogP contribution in [0.1, 0.15) is 18.1 Å². The number of halogens is 1. The van der Waals surface area contributed by atoms with Crippen LogP contribution in [0.2, 0.25) is 0 Å². The van der Waals surface area contributed by atoms with E-state index in [2.05, 4.69) is 12.2 Å². The van der Waals surface area contributed by atoms with Crippen LogP contribution < -0.4 is 5.32 Å². The smallest absolute Gasteiger partial charge is 0.227 e. The van der Waals surface area contributed by atoms with Gasteiger partial charge in [0.05, 0.1) is 6.42 Å². The van der Waals surface area contributed by atoms with E-state index in [0.717, 1.165) is 30.8 Å². The molecule has 0 saturated carbocycles. The highest BCUT2D eigenvalue weighted by Crippen LogP contribution is 2.13. The third kappa shape index (κ3) is 3.07. The van der Waals surface area contributed by atoms with Crippen molar-refractivity contribution in [1.82, 2.24) is 10.2 Å². The molecule has 1 atom stereocenters. The van der Waals surface area contributed by atoms with Gasteiger partial charge in [0.2, 0.25) is 5.91 Å². The fourth-order valence-corrected chi connectivity index (χ4v) is 2.26. The molecule has 0 bridgehead atoms. The van der Waals surface area contributed by atoms with E-state index in [0.29, 0.717) is 6.04 Å². The summed E-state index contributed by atoms with van der Waals surface area (Å²) in [5.74, 6) is -0.200. The van der Waals surface area contributed by atoms with E-state index in [1.807, 2.05) is 11.8 Å². The molecular formula is C14H19FN2O. The topological polar surface area (TPSA) is 32.3 Å². The van der Waals surface area contributed by atoms with Crippen molar-refractivity contribution in [2.24, 2.45) is 0 Å². The molecule has 2 rings (SSSR count). The van der Waals surface area contributed by atoms with Gasteiger partial charge < -0.3 is 10.2 Å². The fourth-order valence-electron chi connectivity index (χ4n) is 2.26.